The number of piperidine rings is 1. The molecule has 2 aliphatic rings. The highest BCUT2D eigenvalue weighted by Crippen LogP contribution is 2.64. The molecule has 1 aliphatic carbocycles. The summed E-state index contributed by atoms with van der Waals surface area (Å²) >= 11 is 0. The summed E-state index contributed by atoms with van der Waals surface area (Å²) in [5, 5.41) is 0. The summed E-state index contributed by atoms with van der Waals surface area (Å²) < 4.78 is 0. The Hall–Kier alpha value is -0.0400. The molecule has 0 N–H and O–H groups in total. The normalized spacial score (nSPS) is 51.0. The molecule has 0 radical (unpaired) electrons. The molecule has 1 heteroatoms. The second-order valence-corrected chi connectivity index (χ2v) is 4.63. The van der Waals surface area contributed by atoms with Crippen molar-refractivity contribution in [2.24, 2.45) is 17.3 Å². The van der Waals surface area contributed by atoms with Gasteiger partial charge in [0.15, 0.2) is 0 Å². The van der Waals surface area contributed by atoms with Crippen molar-refractivity contribution in [3.63, 3.8) is 0 Å². The molecule has 0 aromatic heterocycles. The van der Waals surface area contributed by atoms with Crippen molar-refractivity contribution in [1.29, 1.82) is 0 Å². The molecule has 0 spiro atoms. The molecule has 1 saturated carbocycles. The van der Waals surface area contributed by atoms with Gasteiger partial charge in [-0.2, -0.15) is 0 Å². The quantitative estimate of drug-likeness (QED) is 0.492. The standard InChI is InChI=1S/C9H17N/c1-6-8-7(5-10(6)4)9(8,2)3/h6-8H,5H2,1-4H3/t6-,7+,8-/m1/s1. The van der Waals surface area contributed by atoms with Crippen molar-refractivity contribution in [1.82, 2.24) is 4.90 Å². The van der Waals surface area contributed by atoms with Gasteiger partial charge in [0, 0.05) is 12.6 Å². The van der Waals surface area contributed by atoms with Crippen molar-refractivity contribution in [3.05, 3.63) is 0 Å². The zero-order valence-corrected chi connectivity index (χ0v) is 7.39. The Balaban J connectivity index is 2.13. The zero-order valence-electron chi connectivity index (χ0n) is 7.39. The molecule has 0 unspecified atom stereocenters. The number of hydrogen-bond donors (Lipinski definition) is 0. The summed E-state index contributed by atoms with van der Waals surface area (Å²) in [5.41, 5.74) is 0.673. The molecule has 0 amide bonds. The van der Waals surface area contributed by atoms with Gasteiger partial charge in [-0.25, -0.2) is 0 Å². The highest BCUT2D eigenvalue weighted by molar-refractivity contribution is 5.14. The highest BCUT2D eigenvalue weighted by Gasteiger charge is 2.64. The molecule has 0 aromatic rings. The van der Waals surface area contributed by atoms with Gasteiger partial charge in [0.2, 0.25) is 0 Å². The number of rotatable bonds is 0. The number of hydrogen-bond acceptors (Lipinski definition) is 1. The van der Waals surface area contributed by atoms with Gasteiger partial charge in [-0.3, -0.25) is 0 Å². The third-order valence-corrected chi connectivity index (χ3v) is 3.84. The van der Waals surface area contributed by atoms with E-state index in [1.54, 1.807) is 0 Å². The zero-order chi connectivity index (χ0) is 7.52. The summed E-state index contributed by atoms with van der Waals surface area (Å²) in [6.07, 6.45) is 0. The van der Waals surface area contributed by atoms with Crippen LogP contribution in [0.25, 0.3) is 0 Å². The summed E-state index contributed by atoms with van der Waals surface area (Å²) in [6.45, 7) is 8.51. The van der Waals surface area contributed by atoms with Crippen LogP contribution in [0.4, 0.5) is 0 Å². The van der Waals surface area contributed by atoms with Crippen LogP contribution < -0.4 is 0 Å². The molecule has 58 valence electrons. The fourth-order valence-electron chi connectivity index (χ4n) is 2.84. The first-order valence-electron chi connectivity index (χ1n) is 4.25. The van der Waals surface area contributed by atoms with Crippen LogP contribution in [-0.4, -0.2) is 24.5 Å². The topological polar surface area (TPSA) is 3.24 Å². The van der Waals surface area contributed by atoms with Gasteiger partial charge in [0.05, 0.1) is 0 Å². The van der Waals surface area contributed by atoms with E-state index in [2.05, 4.69) is 32.7 Å². The molecule has 0 aromatic carbocycles. The van der Waals surface area contributed by atoms with Gasteiger partial charge in [0.25, 0.3) is 0 Å². The Morgan fingerprint density at radius 3 is 2.30 bits per heavy atom. The minimum absolute atomic E-state index is 0.673. The van der Waals surface area contributed by atoms with E-state index in [-0.39, 0.29) is 0 Å². The predicted octanol–water partition coefficient (Wildman–Crippen LogP) is 1.59. The van der Waals surface area contributed by atoms with E-state index in [0.29, 0.717) is 5.41 Å². The van der Waals surface area contributed by atoms with Crippen LogP contribution in [0.2, 0.25) is 0 Å². The van der Waals surface area contributed by atoms with Gasteiger partial charge in [-0.15, -0.1) is 0 Å². The largest absolute Gasteiger partial charge is 0.303 e. The molecule has 1 heterocycles. The van der Waals surface area contributed by atoms with E-state index in [1.165, 1.54) is 6.54 Å². The Morgan fingerprint density at radius 2 is 2.00 bits per heavy atom. The average molecular weight is 139 g/mol. The average Bonchev–Trinajstić information content (AvgIpc) is 2.12. The van der Waals surface area contributed by atoms with Gasteiger partial charge < -0.3 is 4.90 Å². The Morgan fingerprint density at radius 1 is 1.40 bits per heavy atom. The van der Waals surface area contributed by atoms with Gasteiger partial charge in [0.1, 0.15) is 0 Å². The van der Waals surface area contributed by atoms with E-state index in [0.717, 1.165) is 17.9 Å². The van der Waals surface area contributed by atoms with Crippen molar-refractivity contribution in [2.45, 2.75) is 26.8 Å². The maximum atomic E-state index is 2.49. The molecular formula is C9H17N. The van der Waals surface area contributed by atoms with Gasteiger partial charge in [-0.05, 0) is 31.2 Å². The number of likely N-dealkylation sites (tertiary alicyclic amines) is 1. The van der Waals surface area contributed by atoms with Crippen molar-refractivity contribution < 1.29 is 0 Å². The smallest absolute Gasteiger partial charge is 0.0101 e. The van der Waals surface area contributed by atoms with E-state index < -0.39 is 0 Å². The predicted molar refractivity (Wildman–Crippen MR) is 42.9 cm³/mol. The lowest BCUT2D eigenvalue weighted by atomic mass is 10.0. The van der Waals surface area contributed by atoms with Gasteiger partial charge in [-0.1, -0.05) is 13.8 Å². The monoisotopic (exact) mass is 139 g/mol. The summed E-state index contributed by atoms with van der Waals surface area (Å²) in [6, 6.07) is 0.833. The van der Waals surface area contributed by atoms with Crippen LogP contribution in [0.5, 0.6) is 0 Å². The maximum absolute atomic E-state index is 2.49. The first-order chi connectivity index (χ1) is 4.55. The summed E-state index contributed by atoms with van der Waals surface area (Å²) in [7, 11) is 2.24. The van der Waals surface area contributed by atoms with Crippen LogP contribution in [0, 0.1) is 17.3 Å². The maximum Gasteiger partial charge on any atom is 0.0101 e. The lowest BCUT2D eigenvalue weighted by Gasteiger charge is -2.23. The van der Waals surface area contributed by atoms with Crippen LogP contribution >= 0.6 is 0 Å². The Labute approximate surface area is 63.4 Å². The molecule has 2 fully saturated rings. The molecule has 2 rings (SSSR count). The second kappa shape index (κ2) is 1.58. The molecular weight excluding hydrogens is 122 g/mol. The van der Waals surface area contributed by atoms with E-state index in [9.17, 15) is 0 Å². The van der Waals surface area contributed by atoms with E-state index >= 15 is 0 Å². The Bertz CT molecular complexity index is 160. The molecule has 1 nitrogen and oxygen atoms in total. The minimum Gasteiger partial charge on any atom is -0.303 e. The first-order valence-corrected chi connectivity index (χ1v) is 4.25. The van der Waals surface area contributed by atoms with Gasteiger partial charge >= 0.3 is 0 Å². The minimum atomic E-state index is 0.673. The van der Waals surface area contributed by atoms with E-state index in [4.69, 9.17) is 0 Å². The van der Waals surface area contributed by atoms with Crippen molar-refractivity contribution in [2.75, 3.05) is 13.6 Å². The summed E-state index contributed by atoms with van der Waals surface area (Å²) in [5.74, 6) is 2.00. The van der Waals surface area contributed by atoms with Crippen LogP contribution in [0.15, 0.2) is 0 Å². The first kappa shape index (κ1) is 6.66. The van der Waals surface area contributed by atoms with E-state index in [1.807, 2.05) is 0 Å². The third kappa shape index (κ3) is 0.572. The second-order valence-electron chi connectivity index (χ2n) is 4.63. The van der Waals surface area contributed by atoms with Crippen LogP contribution in [0.3, 0.4) is 0 Å². The SMILES string of the molecule is C[C@@H]1[C@@H]2[C@H](CN1C)C2(C)C. The fraction of sp³-hybridized carbons (Fsp3) is 1.00. The van der Waals surface area contributed by atoms with Crippen molar-refractivity contribution >= 4 is 0 Å². The molecule has 3 atom stereocenters. The molecule has 10 heavy (non-hydrogen) atoms. The molecule has 0 bridgehead atoms. The highest BCUT2D eigenvalue weighted by atomic mass is 15.2. The number of fused-ring (bicyclic) bond motifs is 1. The van der Waals surface area contributed by atoms with Crippen molar-refractivity contribution in [3.8, 4) is 0 Å². The number of nitrogens with zero attached hydrogens (tertiary/aromatic N) is 1. The third-order valence-electron chi connectivity index (χ3n) is 3.84. The fourth-order valence-corrected chi connectivity index (χ4v) is 2.84. The van der Waals surface area contributed by atoms with Crippen LogP contribution in [-0.2, 0) is 0 Å². The lowest BCUT2D eigenvalue weighted by Crippen LogP contribution is -2.29. The van der Waals surface area contributed by atoms with Crippen LogP contribution in [0.1, 0.15) is 20.8 Å². The Kier molecular flexibility index (Phi) is 1.05. The summed E-state index contributed by atoms with van der Waals surface area (Å²) in [4.78, 5) is 2.49. The molecule has 1 aliphatic heterocycles. The molecule has 1 saturated heterocycles. The lowest BCUT2D eigenvalue weighted by molar-refractivity contribution is 0.235.